The van der Waals surface area contributed by atoms with Crippen LogP contribution in [0.3, 0.4) is 0 Å². The molecule has 0 N–H and O–H groups in total. The van der Waals surface area contributed by atoms with Crippen LogP contribution in [0.2, 0.25) is 0 Å². The van der Waals surface area contributed by atoms with Gasteiger partial charge in [-0.15, -0.1) is 12.4 Å². The maximum absolute atomic E-state index is 5.29. The highest BCUT2D eigenvalue weighted by atomic mass is 35.5. The lowest BCUT2D eigenvalue weighted by atomic mass is 10.1. The van der Waals surface area contributed by atoms with Crippen LogP contribution in [-0.2, 0) is 6.42 Å². The van der Waals surface area contributed by atoms with Gasteiger partial charge in [0.05, 0.1) is 14.2 Å². The van der Waals surface area contributed by atoms with E-state index in [2.05, 4.69) is 31.0 Å². The third-order valence-electron chi connectivity index (χ3n) is 2.84. The van der Waals surface area contributed by atoms with Gasteiger partial charge in [-0.3, -0.25) is 0 Å². The van der Waals surface area contributed by atoms with E-state index < -0.39 is 0 Å². The Bertz CT molecular complexity index is 345. The zero-order valence-electron chi connectivity index (χ0n) is 11.7. The van der Waals surface area contributed by atoms with Crippen molar-refractivity contribution in [1.29, 1.82) is 0 Å². The molecule has 0 radical (unpaired) electrons. The molecular formula is C14H24ClNO2. The molecule has 0 spiro atoms. The van der Waals surface area contributed by atoms with Crippen molar-refractivity contribution in [3.8, 4) is 11.5 Å². The summed E-state index contributed by atoms with van der Waals surface area (Å²) < 4.78 is 10.5. The van der Waals surface area contributed by atoms with Crippen LogP contribution in [0.5, 0.6) is 11.5 Å². The zero-order valence-corrected chi connectivity index (χ0v) is 12.5. The summed E-state index contributed by atoms with van der Waals surface area (Å²) in [7, 11) is 5.49. The molecular weight excluding hydrogens is 250 g/mol. The molecule has 4 heteroatoms. The topological polar surface area (TPSA) is 21.7 Å². The first-order valence-corrected chi connectivity index (χ1v) is 6.10. The van der Waals surface area contributed by atoms with Crippen LogP contribution in [0.15, 0.2) is 18.2 Å². The summed E-state index contributed by atoms with van der Waals surface area (Å²) in [5.41, 5.74) is 1.28. The molecule has 0 saturated carbocycles. The van der Waals surface area contributed by atoms with E-state index in [9.17, 15) is 0 Å². The number of hydrogen-bond acceptors (Lipinski definition) is 3. The quantitative estimate of drug-likeness (QED) is 0.762. The second kappa shape index (κ2) is 9.06. The molecule has 0 aliphatic rings. The van der Waals surface area contributed by atoms with E-state index in [4.69, 9.17) is 9.47 Å². The van der Waals surface area contributed by atoms with Crippen LogP contribution in [0.25, 0.3) is 0 Å². The average molecular weight is 274 g/mol. The van der Waals surface area contributed by atoms with E-state index in [0.717, 1.165) is 31.0 Å². The molecule has 0 fully saturated rings. The molecule has 0 unspecified atom stereocenters. The molecule has 1 aromatic carbocycles. The van der Waals surface area contributed by atoms with Crippen molar-refractivity contribution in [3.63, 3.8) is 0 Å². The highest BCUT2D eigenvalue weighted by molar-refractivity contribution is 5.85. The summed E-state index contributed by atoms with van der Waals surface area (Å²) >= 11 is 0. The monoisotopic (exact) mass is 273 g/mol. The smallest absolute Gasteiger partial charge is 0.160 e. The minimum atomic E-state index is 0. The molecule has 0 saturated heterocycles. The molecule has 0 aliphatic heterocycles. The van der Waals surface area contributed by atoms with Gasteiger partial charge in [0.2, 0.25) is 0 Å². The van der Waals surface area contributed by atoms with Gasteiger partial charge in [0.25, 0.3) is 0 Å². The summed E-state index contributed by atoms with van der Waals surface area (Å²) in [5, 5.41) is 0. The van der Waals surface area contributed by atoms with Crippen molar-refractivity contribution in [2.45, 2.75) is 19.8 Å². The summed E-state index contributed by atoms with van der Waals surface area (Å²) in [6, 6.07) is 6.12. The van der Waals surface area contributed by atoms with Crippen molar-refractivity contribution in [2.24, 2.45) is 0 Å². The summed E-state index contributed by atoms with van der Waals surface area (Å²) in [6.07, 6.45) is 2.24. The van der Waals surface area contributed by atoms with Crippen molar-refractivity contribution >= 4 is 12.4 Å². The Kier molecular flexibility index (Phi) is 8.59. The van der Waals surface area contributed by atoms with Gasteiger partial charge in [0, 0.05) is 6.54 Å². The highest BCUT2D eigenvalue weighted by Gasteiger charge is 2.05. The Hall–Kier alpha value is -0.930. The lowest BCUT2D eigenvalue weighted by Gasteiger charge is -2.16. The number of hydrogen-bond donors (Lipinski definition) is 0. The zero-order chi connectivity index (χ0) is 12.7. The van der Waals surface area contributed by atoms with Crippen LogP contribution < -0.4 is 9.47 Å². The Labute approximate surface area is 116 Å². The Morgan fingerprint density at radius 3 is 2.28 bits per heavy atom. The highest BCUT2D eigenvalue weighted by Crippen LogP contribution is 2.27. The van der Waals surface area contributed by atoms with E-state index >= 15 is 0 Å². The molecule has 18 heavy (non-hydrogen) atoms. The predicted octanol–water partition coefficient (Wildman–Crippen LogP) is 3.01. The van der Waals surface area contributed by atoms with E-state index in [-0.39, 0.29) is 12.4 Å². The third kappa shape index (κ3) is 5.15. The van der Waals surface area contributed by atoms with Crippen LogP contribution >= 0.6 is 12.4 Å². The minimum absolute atomic E-state index is 0. The molecule has 1 aromatic rings. The summed E-state index contributed by atoms with van der Waals surface area (Å²) in [6.45, 7) is 4.42. The van der Waals surface area contributed by atoms with Gasteiger partial charge in [-0.1, -0.05) is 13.0 Å². The molecule has 0 aromatic heterocycles. The first kappa shape index (κ1) is 17.1. The van der Waals surface area contributed by atoms with E-state index in [1.807, 2.05) is 6.07 Å². The number of likely N-dealkylation sites (N-methyl/N-ethyl adjacent to an activating group) is 1. The number of rotatable bonds is 7. The van der Waals surface area contributed by atoms with Gasteiger partial charge in [0.15, 0.2) is 11.5 Å². The first-order valence-electron chi connectivity index (χ1n) is 6.10. The molecule has 104 valence electrons. The molecule has 0 aliphatic carbocycles. The maximum atomic E-state index is 5.29. The van der Waals surface area contributed by atoms with Crippen LogP contribution in [0, 0.1) is 0 Å². The molecule has 0 heterocycles. The molecule has 3 nitrogen and oxygen atoms in total. The Morgan fingerprint density at radius 2 is 1.72 bits per heavy atom. The van der Waals surface area contributed by atoms with Gasteiger partial charge in [-0.05, 0) is 44.1 Å². The van der Waals surface area contributed by atoms with Gasteiger partial charge in [-0.2, -0.15) is 0 Å². The van der Waals surface area contributed by atoms with E-state index in [1.165, 1.54) is 12.0 Å². The molecule has 0 atom stereocenters. The van der Waals surface area contributed by atoms with E-state index in [0.29, 0.717) is 0 Å². The van der Waals surface area contributed by atoms with Gasteiger partial charge in [0.1, 0.15) is 0 Å². The number of methoxy groups -OCH3 is 2. The van der Waals surface area contributed by atoms with Crippen molar-refractivity contribution in [1.82, 2.24) is 4.90 Å². The van der Waals surface area contributed by atoms with Gasteiger partial charge in [-0.25, -0.2) is 0 Å². The SMILES string of the molecule is CCCN(C)CCc1ccc(OC)c(OC)c1.Cl. The van der Waals surface area contributed by atoms with Crippen molar-refractivity contribution in [2.75, 3.05) is 34.4 Å². The largest absolute Gasteiger partial charge is 0.493 e. The Balaban J connectivity index is 0.00000289. The fourth-order valence-corrected chi connectivity index (χ4v) is 1.85. The third-order valence-corrected chi connectivity index (χ3v) is 2.84. The number of ether oxygens (including phenoxy) is 2. The van der Waals surface area contributed by atoms with Crippen molar-refractivity contribution < 1.29 is 9.47 Å². The second-order valence-electron chi connectivity index (χ2n) is 4.24. The van der Waals surface area contributed by atoms with E-state index in [1.54, 1.807) is 14.2 Å². The first-order chi connectivity index (χ1) is 8.21. The Morgan fingerprint density at radius 1 is 1.06 bits per heavy atom. The number of nitrogens with zero attached hydrogens (tertiary/aromatic N) is 1. The normalized spacial score (nSPS) is 10.1. The number of benzene rings is 1. The number of halogens is 1. The van der Waals surface area contributed by atoms with Crippen LogP contribution in [-0.4, -0.2) is 39.3 Å². The second-order valence-corrected chi connectivity index (χ2v) is 4.24. The lowest BCUT2D eigenvalue weighted by Crippen LogP contribution is -2.21. The van der Waals surface area contributed by atoms with Crippen LogP contribution in [0.1, 0.15) is 18.9 Å². The average Bonchev–Trinajstić information content (AvgIpc) is 2.36. The maximum Gasteiger partial charge on any atom is 0.160 e. The summed E-state index contributed by atoms with van der Waals surface area (Å²) in [4.78, 5) is 2.34. The minimum Gasteiger partial charge on any atom is -0.493 e. The molecule has 0 bridgehead atoms. The van der Waals surface area contributed by atoms with Crippen LogP contribution in [0.4, 0.5) is 0 Å². The fourth-order valence-electron chi connectivity index (χ4n) is 1.85. The molecule has 0 amide bonds. The van der Waals surface area contributed by atoms with Gasteiger partial charge < -0.3 is 14.4 Å². The molecule has 1 rings (SSSR count). The summed E-state index contributed by atoms with van der Waals surface area (Å²) in [5.74, 6) is 1.60. The van der Waals surface area contributed by atoms with Gasteiger partial charge >= 0.3 is 0 Å². The lowest BCUT2D eigenvalue weighted by molar-refractivity contribution is 0.337. The van der Waals surface area contributed by atoms with Crippen molar-refractivity contribution in [3.05, 3.63) is 23.8 Å². The standard InChI is InChI=1S/C14H23NO2.ClH/c1-5-9-15(2)10-8-12-6-7-13(16-3)14(11-12)17-4;/h6-7,11H,5,8-10H2,1-4H3;1H. The fraction of sp³-hybridized carbons (Fsp3) is 0.571. The predicted molar refractivity (Wildman–Crippen MR) is 78.3 cm³/mol.